The molecule has 0 atom stereocenters. The average Bonchev–Trinajstić information content (AvgIpc) is 3.41. The minimum atomic E-state index is -3.79. The minimum absolute atomic E-state index is 0.0309. The number of benzene rings is 2. The molecule has 0 unspecified atom stereocenters. The zero-order chi connectivity index (χ0) is 29.2. The number of carbonyl (C=O) groups excluding carboxylic acids is 2. The second-order valence-corrected chi connectivity index (χ2v) is 11.1. The molecule has 0 fully saturated rings. The first kappa shape index (κ1) is 29.1. The van der Waals surface area contributed by atoms with Crippen LogP contribution in [0.4, 0.5) is 14.5 Å². The van der Waals surface area contributed by atoms with Gasteiger partial charge in [-0.2, -0.15) is 0 Å². The summed E-state index contributed by atoms with van der Waals surface area (Å²) in [7, 11) is -2.51. The zero-order valence-electron chi connectivity index (χ0n) is 22.6. The minimum Gasteiger partial charge on any atom is -0.358 e. The van der Waals surface area contributed by atoms with Gasteiger partial charge in [-0.25, -0.2) is 21.9 Å². The average molecular weight is 572 g/mol. The molecule has 3 aromatic rings. The number of hydrogen-bond donors (Lipinski definition) is 4. The lowest BCUT2D eigenvalue weighted by molar-refractivity contribution is -0.110. The molecule has 1 aliphatic heterocycles. The van der Waals surface area contributed by atoms with Crippen LogP contribution >= 0.6 is 0 Å². The number of aromatic nitrogens is 1. The monoisotopic (exact) mass is 571 g/mol. The van der Waals surface area contributed by atoms with Gasteiger partial charge >= 0.3 is 0 Å². The van der Waals surface area contributed by atoms with Crippen molar-refractivity contribution in [1.29, 1.82) is 0 Å². The maximum Gasteiger partial charge on any atom is 0.256 e. The van der Waals surface area contributed by atoms with Crippen molar-refractivity contribution < 1.29 is 26.8 Å². The maximum atomic E-state index is 15.1. The van der Waals surface area contributed by atoms with E-state index in [1.807, 2.05) is 13.8 Å². The van der Waals surface area contributed by atoms with Crippen LogP contribution in [0.3, 0.4) is 0 Å². The number of likely N-dealkylation sites (N-methyl/N-ethyl adjacent to an activating group) is 1. The SMILES string of the molecule is CCN(CC)CCNC(=O)c1c(C)[nH]c(C=C2C(=O)Nc3ccc(S(=O)(=O)NC)cc32)c1-c1ccc(F)cc1F. The van der Waals surface area contributed by atoms with Crippen molar-refractivity contribution in [3.8, 4) is 11.1 Å². The summed E-state index contributed by atoms with van der Waals surface area (Å²) in [5, 5.41) is 5.56. The molecule has 2 amide bonds. The maximum absolute atomic E-state index is 15.1. The number of aromatic amines is 1. The second-order valence-electron chi connectivity index (χ2n) is 9.25. The molecule has 0 saturated carbocycles. The Morgan fingerprint density at radius 1 is 1.07 bits per heavy atom. The van der Waals surface area contributed by atoms with E-state index in [2.05, 4.69) is 25.2 Å². The fraction of sp³-hybridized carbons (Fsp3) is 0.286. The molecule has 1 aliphatic rings. The summed E-state index contributed by atoms with van der Waals surface area (Å²) in [5.74, 6) is -2.62. The first-order valence-corrected chi connectivity index (χ1v) is 14.3. The van der Waals surface area contributed by atoms with Gasteiger partial charge in [-0.3, -0.25) is 9.59 Å². The van der Waals surface area contributed by atoms with E-state index in [9.17, 15) is 22.4 Å². The Kier molecular flexibility index (Phi) is 8.52. The fourth-order valence-electron chi connectivity index (χ4n) is 4.71. The summed E-state index contributed by atoms with van der Waals surface area (Å²) < 4.78 is 55.9. The number of halogens is 2. The molecule has 4 rings (SSSR count). The van der Waals surface area contributed by atoms with Crippen LogP contribution in [-0.4, -0.2) is 63.3 Å². The number of nitrogens with one attached hydrogen (secondary N) is 4. The van der Waals surface area contributed by atoms with Crippen LogP contribution in [0, 0.1) is 18.6 Å². The highest BCUT2D eigenvalue weighted by Crippen LogP contribution is 2.38. The Hall–Kier alpha value is -3.87. The van der Waals surface area contributed by atoms with Crippen molar-refractivity contribution in [2.75, 3.05) is 38.5 Å². The van der Waals surface area contributed by atoms with Gasteiger partial charge < -0.3 is 20.5 Å². The molecule has 0 saturated heterocycles. The van der Waals surface area contributed by atoms with Crippen LogP contribution in [0.15, 0.2) is 41.3 Å². The second kappa shape index (κ2) is 11.7. The Morgan fingerprint density at radius 3 is 2.45 bits per heavy atom. The van der Waals surface area contributed by atoms with E-state index < -0.39 is 33.5 Å². The van der Waals surface area contributed by atoms with Gasteiger partial charge in [0.15, 0.2) is 0 Å². The molecule has 212 valence electrons. The molecule has 4 N–H and O–H groups in total. The molecule has 1 aromatic heterocycles. The van der Waals surface area contributed by atoms with Crippen molar-refractivity contribution in [3.05, 3.63) is 70.5 Å². The van der Waals surface area contributed by atoms with Crippen LogP contribution in [0.1, 0.15) is 41.2 Å². The van der Waals surface area contributed by atoms with E-state index in [4.69, 9.17) is 0 Å². The lowest BCUT2D eigenvalue weighted by Gasteiger charge is -2.18. The number of H-pyrrole nitrogens is 1. The summed E-state index contributed by atoms with van der Waals surface area (Å²) in [6.07, 6.45) is 1.44. The number of nitrogens with zero attached hydrogens (tertiary/aromatic N) is 1. The molecule has 0 bridgehead atoms. The third kappa shape index (κ3) is 5.69. The summed E-state index contributed by atoms with van der Waals surface area (Å²) >= 11 is 0. The predicted molar refractivity (Wildman–Crippen MR) is 150 cm³/mol. The van der Waals surface area contributed by atoms with Gasteiger partial charge in [0.05, 0.1) is 16.0 Å². The van der Waals surface area contributed by atoms with Crippen molar-refractivity contribution in [3.63, 3.8) is 0 Å². The van der Waals surface area contributed by atoms with E-state index in [0.29, 0.717) is 30.0 Å². The van der Waals surface area contributed by atoms with Crippen LogP contribution in [0.5, 0.6) is 0 Å². The number of rotatable bonds is 10. The van der Waals surface area contributed by atoms with Crippen LogP contribution < -0.4 is 15.4 Å². The largest absolute Gasteiger partial charge is 0.358 e. The summed E-state index contributed by atoms with van der Waals surface area (Å²) in [5.41, 5.74) is 1.76. The number of amides is 2. The van der Waals surface area contributed by atoms with E-state index in [-0.39, 0.29) is 32.9 Å². The molecule has 0 radical (unpaired) electrons. The van der Waals surface area contributed by atoms with Gasteiger partial charge in [0.25, 0.3) is 11.8 Å². The molecule has 9 nitrogen and oxygen atoms in total. The summed E-state index contributed by atoms with van der Waals surface area (Å²) in [6.45, 7) is 8.29. The lowest BCUT2D eigenvalue weighted by Crippen LogP contribution is -2.35. The number of hydrogen-bond acceptors (Lipinski definition) is 5. The van der Waals surface area contributed by atoms with Gasteiger partial charge in [-0.15, -0.1) is 0 Å². The van der Waals surface area contributed by atoms with Crippen LogP contribution in [-0.2, 0) is 14.8 Å². The van der Waals surface area contributed by atoms with E-state index in [0.717, 1.165) is 25.2 Å². The van der Waals surface area contributed by atoms with Crippen LogP contribution in [0.2, 0.25) is 0 Å². The third-order valence-electron chi connectivity index (χ3n) is 6.89. The lowest BCUT2D eigenvalue weighted by atomic mass is 9.97. The van der Waals surface area contributed by atoms with Crippen molar-refractivity contribution in [2.45, 2.75) is 25.7 Å². The molecule has 12 heteroatoms. The summed E-state index contributed by atoms with van der Waals surface area (Å²) in [6, 6.07) is 7.26. The standard InChI is InChI=1S/C28H31F2N5O4S/c1-5-35(6-2)12-11-32-28(37)25-16(3)33-24(26(25)19-9-7-17(29)13-22(19)30)15-21-20-14-18(40(38,39)31-4)8-10-23(20)34-27(21)36/h7-10,13-15,31,33H,5-6,11-12H2,1-4H3,(H,32,37)(H,34,36). The number of anilines is 1. The highest BCUT2D eigenvalue weighted by atomic mass is 32.2. The Balaban J connectivity index is 1.84. The fourth-order valence-corrected chi connectivity index (χ4v) is 5.46. The predicted octanol–water partition coefficient (Wildman–Crippen LogP) is 3.74. The van der Waals surface area contributed by atoms with E-state index in [1.54, 1.807) is 6.92 Å². The Morgan fingerprint density at radius 2 is 1.80 bits per heavy atom. The first-order chi connectivity index (χ1) is 19.0. The van der Waals surface area contributed by atoms with Crippen molar-refractivity contribution >= 4 is 39.2 Å². The van der Waals surface area contributed by atoms with Crippen molar-refractivity contribution in [2.24, 2.45) is 0 Å². The van der Waals surface area contributed by atoms with Gasteiger partial charge in [0.2, 0.25) is 10.0 Å². The number of fused-ring (bicyclic) bond motifs is 1. The highest BCUT2D eigenvalue weighted by molar-refractivity contribution is 7.89. The first-order valence-electron chi connectivity index (χ1n) is 12.8. The van der Waals surface area contributed by atoms with Crippen molar-refractivity contribution in [1.82, 2.24) is 19.9 Å². The Labute approximate surface area is 231 Å². The molecule has 0 aliphatic carbocycles. The summed E-state index contributed by atoms with van der Waals surface area (Å²) in [4.78, 5) is 31.5. The quantitative estimate of drug-likeness (QED) is 0.276. The number of sulfonamides is 1. The van der Waals surface area contributed by atoms with Gasteiger partial charge in [-0.1, -0.05) is 13.8 Å². The van der Waals surface area contributed by atoms with Gasteiger partial charge in [0, 0.05) is 52.9 Å². The normalized spacial score (nSPS) is 14.1. The molecular formula is C28H31F2N5O4S. The van der Waals surface area contributed by atoms with Gasteiger partial charge in [-0.05, 0) is 63.5 Å². The molecular weight excluding hydrogens is 540 g/mol. The third-order valence-corrected chi connectivity index (χ3v) is 8.31. The zero-order valence-corrected chi connectivity index (χ0v) is 23.4. The molecule has 0 spiro atoms. The van der Waals surface area contributed by atoms with E-state index >= 15 is 4.39 Å². The van der Waals surface area contributed by atoms with E-state index in [1.165, 1.54) is 37.4 Å². The number of carbonyl (C=O) groups is 2. The highest BCUT2D eigenvalue weighted by Gasteiger charge is 2.29. The smallest absolute Gasteiger partial charge is 0.256 e. The number of aryl methyl sites for hydroxylation is 1. The van der Waals surface area contributed by atoms with Crippen LogP contribution in [0.25, 0.3) is 22.8 Å². The van der Waals surface area contributed by atoms with Gasteiger partial charge in [0.1, 0.15) is 11.6 Å². The molecule has 2 aromatic carbocycles. The topological polar surface area (TPSA) is 123 Å². The molecule has 2 heterocycles. The molecule has 40 heavy (non-hydrogen) atoms. The Bertz CT molecular complexity index is 1610.